The Morgan fingerprint density at radius 2 is 2.30 bits per heavy atom. The fraction of sp³-hybridized carbons (Fsp3) is 0.778. The molecule has 1 nitrogen and oxygen atoms in total. The number of hydrogen-bond acceptors (Lipinski definition) is 1. The third kappa shape index (κ3) is 0.845. The lowest BCUT2D eigenvalue weighted by atomic mass is 9.98. The first-order valence-corrected chi connectivity index (χ1v) is 4.33. The van der Waals surface area contributed by atoms with Crippen LogP contribution in [-0.4, -0.2) is 6.54 Å². The van der Waals surface area contributed by atoms with Crippen molar-refractivity contribution < 1.29 is 0 Å². The van der Waals surface area contributed by atoms with Crippen LogP contribution in [0.5, 0.6) is 0 Å². The highest BCUT2D eigenvalue weighted by Gasteiger charge is 2.23. The molecule has 0 saturated heterocycles. The zero-order valence-electron chi connectivity index (χ0n) is 6.61. The Balaban J connectivity index is 2.20. The summed E-state index contributed by atoms with van der Waals surface area (Å²) in [5, 5.41) is 3.49. The zero-order chi connectivity index (χ0) is 6.97. The van der Waals surface area contributed by atoms with Crippen LogP contribution in [0.25, 0.3) is 0 Å². The molecule has 10 heavy (non-hydrogen) atoms. The first-order chi connectivity index (χ1) is 4.88. The normalized spacial score (nSPS) is 31.9. The molecule has 0 spiro atoms. The predicted molar refractivity (Wildman–Crippen MR) is 42.7 cm³/mol. The quantitative estimate of drug-likeness (QED) is 0.539. The van der Waals surface area contributed by atoms with Gasteiger partial charge in [0.15, 0.2) is 0 Å². The van der Waals surface area contributed by atoms with Crippen LogP contribution in [-0.2, 0) is 0 Å². The summed E-state index contributed by atoms with van der Waals surface area (Å²) in [6, 6.07) is 0. The summed E-state index contributed by atoms with van der Waals surface area (Å²) in [4.78, 5) is 0. The summed E-state index contributed by atoms with van der Waals surface area (Å²) in [6.45, 7) is 3.57. The fourth-order valence-corrected chi connectivity index (χ4v) is 2.11. The Kier molecular flexibility index (Phi) is 1.44. The Morgan fingerprint density at radius 1 is 1.40 bits per heavy atom. The van der Waals surface area contributed by atoms with Crippen molar-refractivity contribution in [1.29, 1.82) is 0 Å². The van der Waals surface area contributed by atoms with Crippen LogP contribution >= 0.6 is 0 Å². The van der Waals surface area contributed by atoms with Crippen LogP contribution in [0.2, 0.25) is 0 Å². The molecule has 1 atom stereocenters. The van der Waals surface area contributed by atoms with Gasteiger partial charge in [-0.05, 0) is 37.2 Å². The van der Waals surface area contributed by atoms with Crippen molar-refractivity contribution in [1.82, 2.24) is 5.32 Å². The molecule has 0 fully saturated rings. The standard InChI is InChI=1S/C9H15N/c1-7-4-5-9-8(7)3-2-6-10-9/h7,10H,2-6H2,1H3/t7-/m0/s1. The van der Waals surface area contributed by atoms with Crippen molar-refractivity contribution in [2.75, 3.05) is 6.54 Å². The van der Waals surface area contributed by atoms with E-state index in [1.54, 1.807) is 11.3 Å². The van der Waals surface area contributed by atoms with Gasteiger partial charge >= 0.3 is 0 Å². The molecule has 1 N–H and O–H groups in total. The summed E-state index contributed by atoms with van der Waals surface area (Å²) in [5.41, 5.74) is 3.31. The summed E-state index contributed by atoms with van der Waals surface area (Å²) in [7, 11) is 0. The van der Waals surface area contributed by atoms with E-state index in [1.807, 2.05) is 0 Å². The molecule has 2 aliphatic rings. The minimum atomic E-state index is 0.878. The van der Waals surface area contributed by atoms with Gasteiger partial charge in [-0.15, -0.1) is 0 Å². The van der Waals surface area contributed by atoms with Crippen LogP contribution in [0.4, 0.5) is 0 Å². The smallest absolute Gasteiger partial charge is 0.0147 e. The van der Waals surface area contributed by atoms with E-state index in [2.05, 4.69) is 12.2 Å². The molecule has 0 amide bonds. The molecular formula is C9H15N. The highest BCUT2D eigenvalue weighted by Crippen LogP contribution is 2.34. The average Bonchev–Trinajstić information content (AvgIpc) is 2.34. The van der Waals surface area contributed by atoms with Crippen molar-refractivity contribution in [3.05, 3.63) is 11.3 Å². The lowest BCUT2D eigenvalue weighted by Crippen LogP contribution is -2.19. The van der Waals surface area contributed by atoms with Gasteiger partial charge in [0, 0.05) is 12.2 Å². The van der Waals surface area contributed by atoms with Crippen LogP contribution in [0.3, 0.4) is 0 Å². The molecule has 1 aliphatic carbocycles. The molecule has 1 heterocycles. The maximum absolute atomic E-state index is 3.49. The maximum atomic E-state index is 3.49. The van der Waals surface area contributed by atoms with E-state index < -0.39 is 0 Å². The van der Waals surface area contributed by atoms with Gasteiger partial charge in [-0.3, -0.25) is 0 Å². The van der Waals surface area contributed by atoms with Crippen LogP contribution in [0, 0.1) is 5.92 Å². The van der Waals surface area contributed by atoms with Crippen molar-refractivity contribution in [2.45, 2.75) is 32.6 Å². The summed E-state index contributed by atoms with van der Waals surface area (Å²) in [6.07, 6.45) is 5.42. The van der Waals surface area contributed by atoms with E-state index in [0.717, 1.165) is 5.92 Å². The molecular weight excluding hydrogens is 122 g/mol. The highest BCUT2D eigenvalue weighted by molar-refractivity contribution is 5.22. The first-order valence-electron chi connectivity index (χ1n) is 4.33. The van der Waals surface area contributed by atoms with E-state index in [4.69, 9.17) is 0 Å². The van der Waals surface area contributed by atoms with Gasteiger partial charge in [0.25, 0.3) is 0 Å². The number of nitrogens with one attached hydrogen (secondary N) is 1. The molecule has 0 aromatic carbocycles. The third-order valence-corrected chi connectivity index (χ3v) is 2.77. The molecule has 2 rings (SSSR count). The molecule has 1 heteroatoms. The second-order valence-corrected chi connectivity index (χ2v) is 3.47. The Labute approximate surface area is 62.5 Å². The predicted octanol–water partition coefficient (Wildman–Crippen LogP) is 2.05. The van der Waals surface area contributed by atoms with Gasteiger partial charge in [-0.1, -0.05) is 6.92 Å². The van der Waals surface area contributed by atoms with E-state index in [9.17, 15) is 0 Å². The van der Waals surface area contributed by atoms with Gasteiger partial charge in [-0.2, -0.15) is 0 Å². The molecule has 1 aliphatic heterocycles. The van der Waals surface area contributed by atoms with Crippen molar-refractivity contribution >= 4 is 0 Å². The molecule has 0 unspecified atom stereocenters. The third-order valence-electron chi connectivity index (χ3n) is 2.77. The lowest BCUT2D eigenvalue weighted by molar-refractivity contribution is 0.616. The molecule has 0 bridgehead atoms. The maximum Gasteiger partial charge on any atom is 0.0147 e. The van der Waals surface area contributed by atoms with Crippen LogP contribution < -0.4 is 5.32 Å². The van der Waals surface area contributed by atoms with Gasteiger partial charge in [-0.25, -0.2) is 0 Å². The van der Waals surface area contributed by atoms with E-state index in [0.29, 0.717) is 0 Å². The zero-order valence-corrected chi connectivity index (χ0v) is 6.61. The fourth-order valence-electron chi connectivity index (χ4n) is 2.11. The van der Waals surface area contributed by atoms with Crippen LogP contribution in [0.15, 0.2) is 11.3 Å². The largest absolute Gasteiger partial charge is 0.388 e. The monoisotopic (exact) mass is 137 g/mol. The van der Waals surface area contributed by atoms with Crippen molar-refractivity contribution in [2.24, 2.45) is 5.92 Å². The Hall–Kier alpha value is -0.460. The second kappa shape index (κ2) is 2.30. The first kappa shape index (κ1) is 6.26. The molecule has 0 radical (unpaired) electrons. The van der Waals surface area contributed by atoms with Crippen LogP contribution in [0.1, 0.15) is 32.6 Å². The van der Waals surface area contributed by atoms with Gasteiger partial charge < -0.3 is 5.32 Å². The Morgan fingerprint density at radius 3 is 3.10 bits per heavy atom. The minimum absolute atomic E-state index is 0.878. The summed E-state index contributed by atoms with van der Waals surface area (Å²) >= 11 is 0. The van der Waals surface area contributed by atoms with E-state index in [1.165, 1.54) is 32.2 Å². The SMILES string of the molecule is C[C@H]1CCC2=C1CCCN2. The Bertz CT molecular complexity index is 170. The molecule has 0 aromatic heterocycles. The molecule has 0 aromatic rings. The molecule has 56 valence electrons. The summed E-state index contributed by atoms with van der Waals surface area (Å²) in [5.74, 6) is 0.878. The van der Waals surface area contributed by atoms with Gasteiger partial charge in [0.05, 0.1) is 0 Å². The van der Waals surface area contributed by atoms with Crippen molar-refractivity contribution in [3.8, 4) is 0 Å². The number of rotatable bonds is 0. The number of allylic oxidation sites excluding steroid dienone is 2. The van der Waals surface area contributed by atoms with E-state index in [-0.39, 0.29) is 0 Å². The van der Waals surface area contributed by atoms with Gasteiger partial charge in [0.1, 0.15) is 0 Å². The highest BCUT2D eigenvalue weighted by atomic mass is 14.9. The number of hydrogen-bond donors (Lipinski definition) is 1. The van der Waals surface area contributed by atoms with Gasteiger partial charge in [0.2, 0.25) is 0 Å². The van der Waals surface area contributed by atoms with E-state index >= 15 is 0 Å². The topological polar surface area (TPSA) is 12.0 Å². The molecule has 0 saturated carbocycles. The summed E-state index contributed by atoms with van der Waals surface area (Å²) < 4.78 is 0. The van der Waals surface area contributed by atoms with Crippen molar-refractivity contribution in [3.63, 3.8) is 0 Å². The lowest BCUT2D eigenvalue weighted by Gasteiger charge is -2.18. The average molecular weight is 137 g/mol. The minimum Gasteiger partial charge on any atom is -0.388 e. The second-order valence-electron chi connectivity index (χ2n) is 3.47.